The van der Waals surface area contributed by atoms with Gasteiger partial charge in [-0.1, -0.05) is 6.07 Å². The summed E-state index contributed by atoms with van der Waals surface area (Å²) in [6.45, 7) is 2.60. The van der Waals surface area contributed by atoms with Crippen LogP contribution in [-0.4, -0.2) is 25.7 Å². The van der Waals surface area contributed by atoms with Crippen LogP contribution in [0.4, 0.5) is 10.1 Å². The van der Waals surface area contributed by atoms with E-state index in [2.05, 4.69) is 5.32 Å². The molecule has 6 heteroatoms. The van der Waals surface area contributed by atoms with Gasteiger partial charge in [-0.25, -0.2) is 4.39 Å². The van der Waals surface area contributed by atoms with Crippen molar-refractivity contribution in [2.45, 2.75) is 6.92 Å². The number of hydrogen-bond acceptors (Lipinski definition) is 4. The Kier molecular flexibility index (Phi) is 4.32. The van der Waals surface area contributed by atoms with Crippen LogP contribution in [0.5, 0.6) is 17.2 Å². The highest BCUT2D eigenvalue weighted by atomic mass is 19.1. The predicted molar refractivity (Wildman–Crippen MR) is 82.7 cm³/mol. The molecule has 1 amide bonds. The van der Waals surface area contributed by atoms with Gasteiger partial charge in [-0.2, -0.15) is 0 Å². The molecule has 0 aromatic heterocycles. The third-order valence-corrected chi connectivity index (χ3v) is 3.36. The van der Waals surface area contributed by atoms with E-state index in [1.54, 1.807) is 31.2 Å². The van der Waals surface area contributed by atoms with Crippen molar-refractivity contribution < 1.29 is 23.4 Å². The number of ether oxygens (including phenoxy) is 3. The first-order valence-corrected chi connectivity index (χ1v) is 7.20. The van der Waals surface area contributed by atoms with E-state index >= 15 is 0 Å². The Labute approximate surface area is 133 Å². The molecule has 1 N–H and O–H groups in total. The Morgan fingerprint density at radius 1 is 1.17 bits per heavy atom. The van der Waals surface area contributed by atoms with Crippen LogP contribution < -0.4 is 19.5 Å². The number of rotatable bonds is 4. The van der Waals surface area contributed by atoms with Crippen LogP contribution in [0.15, 0.2) is 36.4 Å². The van der Waals surface area contributed by atoms with E-state index in [4.69, 9.17) is 14.2 Å². The Hall–Kier alpha value is -2.76. The monoisotopic (exact) mass is 317 g/mol. The van der Waals surface area contributed by atoms with Gasteiger partial charge in [0.15, 0.2) is 18.1 Å². The SMILES string of the molecule is Cc1ccc(F)cc1NC(=O)COc1ccc2c(c1)OCCO2. The molecule has 1 aliphatic heterocycles. The van der Waals surface area contributed by atoms with Gasteiger partial charge in [-0.3, -0.25) is 4.79 Å². The number of anilines is 1. The average Bonchev–Trinajstić information content (AvgIpc) is 2.56. The maximum absolute atomic E-state index is 13.2. The molecule has 0 unspecified atom stereocenters. The van der Waals surface area contributed by atoms with Gasteiger partial charge in [0.1, 0.15) is 24.8 Å². The molecule has 0 radical (unpaired) electrons. The molecule has 0 atom stereocenters. The summed E-state index contributed by atoms with van der Waals surface area (Å²) in [7, 11) is 0. The fourth-order valence-electron chi connectivity index (χ4n) is 2.18. The predicted octanol–water partition coefficient (Wildman–Crippen LogP) is 2.92. The van der Waals surface area contributed by atoms with E-state index < -0.39 is 5.82 Å². The van der Waals surface area contributed by atoms with Gasteiger partial charge in [0.2, 0.25) is 0 Å². The van der Waals surface area contributed by atoms with Crippen molar-refractivity contribution in [2.75, 3.05) is 25.1 Å². The topological polar surface area (TPSA) is 56.8 Å². The quantitative estimate of drug-likeness (QED) is 0.942. The summed E-state index contributed by atoms with van der Waals surface area (Å²) < 4.78 is 29.5. The summed E-state index contributed by atoms with van der Waals surface area (Å²) in [4.78, 5) is 11.9. The minimum absolute atomic E-state index is 0.185. The number of carbonyl (C=O) groups excluding carboxylic acids is 1. The zero-order chi connectivity index (χ0) is 16.2. The number of nitrogens with one attached hydrogen (secondary N) is 1. The van der Waals surface area contributed by atoms with Gasteiger partial charge in [0.05, 0.1) is 0 Å². The molecular weight excluding hydrogens is 301 g/mol. The lowest BCUT2D eigenvalue weighted by molar-refractivity contribution is -0.118. The Balaban J connectivity index is 1.59. The molecule has 0 aliphatic carbocycles. The molecule has 1 heterocycles. The summed E-state index contributed by atoms with van der Waals surface area (Å²) in [6, 6.07) is 9.34. The van der Waals surface area contributed by atoms with Crippen molar-refractivity contribution in [3.8, 4) is 17.2 Å². The Morgan fingerprint density at radius 2 is 1.96 bits per heavy atom. The second kappa shape index (κ2) is 6.56. The zero-order valence-corrected chi connectivity index (χ0v) is 12.6. The van der Waals surface area contributed by atoms with E-state index in [1.807, 2.05) is 0 Å². The fourth-order valence-corrected chi connectivity index (χ4v) is 2.18. The molecule has 3 rings (SSSR count). The van der Waals surface area contributed by atoms with Crippen molar-refractivity contribution in [2.24, 2.45) is 0 Å². The van der Waals surface area contributed by atoms with Gasteiger partial charge in [-0.05, 0) is 36.8 Å². The van der Waals surface area contributed by atoms with Gasteiger partial charge in [-0.15, -0.1) is 0 Å². The largest absolute Gasteiger partial charge is 0.486 e. The molecule has 2 aromatic carbocycles. The second-order valence-electron chi connectivity index (χ2n) is 5.10. The van der Waals surface area contributed by atoms with Crippen molar-refractivity contribution in [1.29, 1.82) is 0 Å². The molecule has 0 spiro atoms. The van der Waals surface area contributed by atoms with Gasteiger partial charge >= 0.3 is 0 Å². The van der Waals surface area contributed by atoms with Crippen molar-refractivity contribution in [1.82, 2.24) is 0 Å². The van der Waals surface area contributed by atoms with E-state index in [1.165, 1.54) is 12.1 Å². The number of hydrogen-bond donors (Lipinski definition) is 1. The number of aryl methyl sites for hydroxylation is 1. The lowest BCUT2D eigenvalue weighted by Crippen LogP contribution is -2.21. The zero-order valence-electron chi connectivity index (χ0n) is 12.6. The van der Waals surface area contributed by atoms with Gasteiger partial charge < -0.3 is 19.5 Å². The number of benzene rings is 2. The minimum atomic E-state index is -0.404. The highest BCUT2D eigenvalue weighted by Gasteiger charge is 2.13. The Bertz CT molecular complexity index is 733. The standard InChI is InChI=1S/C17H16FNO4/c1-11-2-3-12(18)8-14(11)19-17(20)10-23-13-4-5-15-16(9-13)22-7-6-21-15/h2-5,8-9H,6-7,10H2,1H3,(H,19,20). The van der Waals surface area contributed by atoms with E-state index in [0.717, 1.165) is 5.56 Å². The summed E-state index contributed by atoms with van der Waals surface area (Å²) in [6.07, 6.45) is 0. The first-order chi connectivity index (χ1) is 11.1. The van der Waals surface area contributed by atoms with E-state index in [9.17, 15) is 9.18 Å². The number of amides is 1. The molecular formula is C17H16FNO4. The molecule has 23 heavy (non-hydrogen) atoms. The fraction of sp³-hybridized carbons (Fsp3) is 0.235. The van der Waals surface area contributed by atoms with Crippen molar-refractivity contribution in [3.05, 3.63) is 47.8 Å². The van der Waals surface area contributed by atoms with Crippen molar-refractivity contribution >= 4 is 11.6 Å². The molecule has 120 valence electrons. The number of halogens is 1. The highest BCUT2D eigenvalue weighted by molar-refractivity contribution is 5.92. The molecule has 1 aliphatic rings. The van der Waals surface area contributed by atoms with E-state index in [0.29, 0.717) is 36.1 Å². The van der Waals surface area contributed by atoms with Crippen LogP contribution in [0, 0.1) is 12.7 Å². The van der Waals surface area contributed by atoms with Crippen LogP contribution in [0.1, 0.15) is 5.56 Å². The van der Waals surface area contributed by atoms with Gasteiger partial charge in [0.25, 0.3) is 5.91 Å². The minimum Gasteiger partial charge on any atom is -0.486 e. The first kappa shape index (κ1) is 15.1. The molecule has 0 saturated heterocycles. The van der Waals surface area contributed by atoms with Crippen LogP contribution >= 0.6 is 0 Å². The maximum Gasteiger partial charge on any atom is 0.262 e. The number of fused-ring (bicyclic) bond motifs is 1. The normalized spacial score (nSPS) is 12.6. The second-order valence-corrected chi connectivity index (χ2v) is 5.10. The molecule has 2 aromatic rings. The molecule has 0 saturated carbocycles. The smallest absolute Gasteiger partial charge is 0.262 e. The first-order valence-electron chi connectivity index (χ1n) is 7.20. The number of carbonyl (C=O) groups is 1. The van der Waals surface area contributed by atoms with Gasteiger partial charge in [0, 0.05) is 11.8 Å². The van der Waals surface area contributed by atoms with Crippen LogP contribution in [0.2, 0.25) is 0 Å². The van der Waals surface area contributed by atoms with Crippen LogP contribution in [0.3, 0.4) is 0 Å². The molecule has 5 nitrogen and oxygen atoms in total. The summed E-state index contributed by atoms with van der Waals surface area (Å²) >= 11 is 0. The lowest BCUT2D eigenvalue weighted by atomic mass is 10.2. The highest BCUT2D eigenvalue weighted by Crippen LogP contribution is 2.33. The lowest BCUT2D eigenvalue weighted by Gasteiger charge is -2.18. The summed E-state index contributed by atoms with van der Waals surface area (Å²) in [5.41, 5.74) is 1.21. The molecule has 0 fully saturated rings. The van der Waals surface area contributed by atoms with Crippen molar-refractivity contribution in [3.63, 3.8) is 0 Å². The third kappa shape index (κ3) is 3.71. The molecule has 0 bridgehead atoms. The van der Waals surface area contributed by atoms with E-state index in [-0.39, 0.29) is 12.5 Å². The third-order valence-electron chi connectivity index (χ3n) is 3.36. The summed E-state index contributed by atoms with van der Waals surface area (Å²) in [5.74, 6) is 0.978. The van der Waals surface area contributed by atoms with Crippen LogP contribution in [0.25, 0.3) is 0 Å². The van der Waals surface area contributed by atoms with Crippen LogP contribution in [-0.2, 0) is 4.79 Å². The summed E-state index contributed by atoms with van der Waals surface area (Å²) in [5, 5.41) is 2.62. The average molecular weight is 317 g/mol. The maximum atomic E-state index is 13.2. The Morgan fingerprint density at radius 3 is 2.78 bits per heavy atom.